The summed E-state index contributed by atoms with van der Waals surface area (Å²) in [5, 5.41) is 3.35. The van der Waals surface area contributed by atoms with Crippen molar-refractivity contribution in [1.82, 2.24) is 15.1 Å². The monoisotopic (exact) mass is 431 g/mol. The minimum atomic E-state index is -4.43. The minimum absolute atomic E-state index is 0.0581. The van der Waals surface area contributed by atoms with Gasteiger partial charge in [0.15, 0.2) is 0 Å². The maximum absolute atomic E-state index is 13.1. The van der Waals surface area contributed by atoms with E-state index in [1.165, 1.54) is 6.07 Å². The van der Waals surface area contributed by atoms with Gasteiger partial charge in [0.25, 0.3) is 5.91 Å². The van der Waals surface area contributed by atoms with E-state index in [4.69, 9.17) is 0 Å². The van der Waals surface area contributed by atoms with E-state index in [0.29, 0.717) is 37.1 Å². The molecule has 1 unspecified atom stereocenters. The number of hydrogen-bond donors (Lipinski definition) is 1. The molecule has 8 heteroatoms. The summed E-state index contributed by atoms with van der Waals surface area (Å²) in [7, 11) is 0. The number of nitrogens with zero attached hydrogens (tertiary/aromatic N) is 2. The van der Waals surface area contributed by atoms with Crippen LogP contribution >= 0.6 is 0 Å². The van der Waals surface area contributed by atoms with Crippen LogP contribution in [0.4, 0.5) is 13.2 Å². The predicted octanol–water partition coefficient (Wildman–Crippen LogP) is 3.66. The number of likely N-dealkylation sites (tertiary alicyclic amines) is 1. The highest BCUT2D eigenvalue weighted by atomic mass is 19.4. The van der Waals surface area contributed by atoms with Crippen LogP contribution < -0.4 is 5.32 Å². The summed E-state index contributed by atoms with van der Waals surface area (Å²) in [6.45, 7) is 2.77. The van der Waals surface area contributed by atoms with Crippen LogP contribution in [0.3, 0.4) is 0 Å². The zero-order valence-corrected chi connectivity index (χ0v) is 17.2. The van der Waals surface area contributed by atoms with Gasteiger partial charge in [-0.1, -0.05) is 30.3 Å². The van der Waals surface area contributed by atoms with Crippen LogP contribution in [0, 0.1) is 0 Å². The topological polar surface area (TPSA) is 52.7 Å². The highest BCUT2D eigenvalue weighted by Crippen LogP contribution is 2.35. The standard InChI is InChI=1S/C23H24F3N3O2/c1-16-20(30)29(15-17-6-5-9-19(14-17)23(24,25)26)22(27-16)10-12-28(13-11-22)21(31)18-7-3-2-4-8-18/h2-9,14,16,27H,10-13,15H2,1H3. The molecule has 164 valence electrons. The molecular weight excluding hydrogens is 407 g/mol. The Morgan fingerprint density at radius 3 is 2.42 bits per heavy atom. The molecule has 2 aromatic rings. The molecule has 1 atom stereocenters. The van der Waals surface area contributed by atoms with Gasteiger partial charge in [0.05, 0.1) is 17.3 Å². The van der Waals surface area contributed by atoms with Crippen molar-refractivity contribution >= 4 is 11.8 Å². The lowest BCUT2D eigenvalue weighted by Crippen LogP contribution is -2.59. The maximum Gasteiger partial charge on any atom is 0.416 e. The number of alkyl halides is 3. The van der Waals surface area contributed by atoms with Crippen molar-refractivity contribution in [2.24, 2.45) is 0 Å². The zero-order valence-electron chi connectivity index (χ0n) is 17.2. The van der Waals surface area contributed by atoms with E-state index in [1.807, 2.05) is 18.2 Å². The number of benzene rings is 2. The molecule has 1 N–H and O–H groups in total. The van der Waals surface area contributed by atoms with Gasteiger partial charge >= 0.3 is 6.18 Å². The Bertz CT molecular complexity index is 970. The summed E-state index contributed by atoms with van der Waals surface area (Å²) in [5.74, 6) is -0.197. The Morgan fingerprint density at radius 2 is 1.77 bits per heavy atom. The third-order valence-electron chi connectivity index (χ3n) is 6.13. The molecule has 2 saturated heterocycles. The largest absolute Gasteiger partial charge is 0.416 e. The lowest BCUT2D eigenvalue weighted by Gasteiger charge is -2.44. The number of carbonyl (C=O) groups is 2. The Morgan fingerprint density at radius 1 is 1.10 bits per heavy atom. The lowest BCUT2D eigenvalue weighted by atomic mass is 9.94. The Kier molecular flexibility index (Phi) is 5.51. The number of piperidine rings is 1. The average Bonchev–Trinajstić information content (AvgIpc) is 2.98. The van der Waals surface area contributed by atoms with Gasteiger partial charge in [-0.25, -0.2) is 0 Å². The summed E-state index contributed by atoms with van der Waals surface area (Å²) in [6.07, 6.45) is -3.40. The number of nitrogens with one attached hydrogen (secondary N) is 1. The van der Waals surface area contributed by atoms with Crippen molar-refractivity contribution < 1.29 is 22.8 Å². The lowest BCUT2D eigenvalue weighted by molar-refractivity contribution is -0.137. The molecule has 2 fully saturated rings. The van der Waals surface area contributed by atoms with Crippen LogP contribution in [0.2, 0.25) is 0 Å². The third-order valence-corrected chi connectivity index (χ3v) is 6.13. The van der Waals surface area contributed by atoms with Crippen molar-refractivity contribution in [2.45, 2.75) is 44.2 Å². The molecule has 0 aliphatic carbocycles. The van der Waals surface area contributed by atoms with Crippen molar-refractivity contribution in [3.05, 3.63) is 71.3 Å². The van der Waals surface area contributed by atoms with E-state index in [2.05, 4.69) is 5.32 Å². The van der Waals surface area contributed by atoms with Crippen molar-refractivity contribution in [2.75, 3.05) is 13.1 Å². The highest BCUT2D eigenvalue weighted by Gasteiger charge is 2.50. The summed E-state index contributed by atoms with van der Waals surface area (Å²) in [4.78, 5) is 29.0. The van der Waals surface area contributed by atoms with Gasteiger partial charge in [0, 0.05) is 38.0 Å². The molecule has 2 aliphatic heterocycles. The first-order valence-electron chi connectivity index (χ1n) is 10.3. The van der Waals surface area contributed by atoms with Crippen LogP contribution in [0.15, 0.2) is 54.6 Å². The summed E-state index contributed by atoms with van der Waals surface area (Å²) < 4.78 is 39.3. The number of amides is 2. The molecule has 2 aromatic carbocycles. The molecule has 0 radical (unpaired) electrons. The molecule has 4 rings (SSSR count). The van der Waals surface area contributed by atoms with Crippen LogP contribution in [0.5, 0.6) is 0 Å². The number of halogens is 3. The number of rotatable bonds is 3. The molecule has 2 amide bonds. The number of carbonyl (C=O) groups excluding carboxylic acids is 2. The van der Waals surface area contributed by atoms with Gasteiger partial charge in [-0.15, -0.1) is 0 Å². The Hall–Kier alpha value is -2.87. The van der Waals surface area contributed by atoms with Crippen molar-refractivity contribution in [3.63, 3.8) is 0 Å². The molecule has 31 heavy (non-hydrogen) atoms. The van der Waals surface area contributed by atoms with Gasteiger partial charge in [0.2, 0.25) is 5.91 Å². The number of hydrogen-bond acceptors (Lipinski definition) is 3. The summed E-state index contributed by atoms with van der Waals surface area (Å²) in [5.41, 5.74) is -0.350. The van der Waals surface area contributed by atoms with Crippen molar-refractivity contribution in [1.29, 1.82) is 0 Å². The van der Waals surface area contributed by atoms with Crippen LogP contribution in [0.1, 0.15) is 41.3 Å². The van der Waals surface area contributed by atoms with E-state index < -0.39 is 23.4 Å². The summed E-state index contributed by atoms with van der Waals surface area (Å²) >= 11 is 0. The van der Waals surface area contributed by atoms with Crippen LogP contribution in [0.25, 0.3) is 0 Å². The smallest absolute Gasteiger partial charge is 0.338 e. The zero-order chi connectivity index (χ0) is 22.2. The molecule has 0 saturated carbocycles. The molecule has 0 aromatic heterocycles. The van der Waals surface area contributed by atoms with E-state index in [-0.39, 0.29) is 18.4 Å². The van der Waals surface area contributed by atoms with E-state index in [1.54, 1.807) is 34.9 Å². The first kappa shape index (κ1) is 21.4. The van der Waals surface area contributed by atoms with Crippen LogP contribution in [-0.2, 0) is 17.5 Å². The van der Waals surface area contributed by atoms with Gasteiger partial charge < -0.3 is 9.80 Å². The highest BCUT2D eigenvalue weighted by molar-refractivity contribution is 5.94. The summed E-state index contributed by atoms with van der Waals surface area (Å²) in [6, 6.07) is 13.7. The quantitative estimate of drug-likeness (QED) is 0.807. The average molecular weight is 431 g/mol. The van der Waals surface area contributed by atoms with Gasteiger partial charge in [0.1, 0.15) is 0 Å². The van der Waals surface area contributed by atoms with E-state index >= 15 is 0 Å². The second kappa shape index (κ2) is 8.00. The van der Waals surface area contributed by atoms with Gasteiger partial charge in [-0.2, -0.15) is 13.2 Å². The normalized spacial score (nSPS) is 21.0. The van der Waals surface area contributed by atoms with Crippen LogP contribution in [-0.4, -0.2) is 46.4 Å². The first-order chi connectivity index (χ1) is 14.7. The van der Waals surface area contributed by atoms with Crippen molar-refractivity contribution in [3.8, 4) is 0 Å². The van der Waals surface area contributed by atoms with E-state index in [0.717, 1.165) is 12.1 Å². The fraction of sp³-hybridized carbons (Fsp3) is 0.391. The second-order valence-corrected chi connectivity index (χ2v) is 8.18. The first-order valence-corrected chi connectivity index (χ1v) is 10.3. The molecule has 2 aliphatic rings. The predicted molar refractivity (Wildman–Crippen MR) is 109 cm³/mol. The molecule has 5 nitrogen and oxygen atoms in total. The minimum Gasteiger partial charge on any atom is -0.338 e. The van der Waals surface area contributed by atoms with E-state index in [9.17, 15) is 22.8 Å². The fourth-order valence-corrected chi connectivity index (χ4v) is 4.50. The maximum atomic E-state index is 13.1. The molecule has 2 heterocycles. The fourth-order valence-electron chi connectivity index (χ4n) is 4.50. The van der Waals surface area contributed by atoms with Gasteiger partial charge in [-0.05, 0) is 36.8 Å². The van der Waals surface area contributed by atoms with Gasteiger partial charge in [-0.3, -0.25) is 14.9 Å². The third kappa shape index (κ3) is 4.17. The SMILES string of the molecule is CC1NC2(CCN(C(=O)c3ccccc3)CC2)N(Cc2cccc(C(F)(F)F)c2)C1=O. The molecule has 1 spiro atoms. The Balaban J connectivity index is 1.51. The molecule has 0 bridgehead atoms. The Labute approximate surface area is 178 Å². The molecular formula is C23H24F3N3O2. The second-order valence-electron chi connectivity index (χ2n) is 8.18.